The van der Waals surface area contributed by atoms with Gasteiger partial charge in [-0.1, -0.05) is 91.9 Å². The minimum Gasteiger partial charge on any atom is -0.494 e. The van der Waals surface area contributed by atoms with Crippen LogP contribution in [0.1, 0.15) is 118 Å². The third kappa shape index (κ3) is 9.71. The normalized spacial score (nSPS) is 11.2. The molecule has 5 nitrogen and oxygen atoms in total. The first-order chi connectivity index (χ1) is 17.7. The fraction of sp³-hybridized carbons (Fsp3) is 0.710. The molecule has 0 fully saturated rings. The van der Waals surface area contributed by atoms with Gasteiger partial charge < -0.3 is 18.8 Å². The highest BCUT2D eigenvalue weighted by molar-refractivity contribution is 5.89. The van der Waals surface area contributed by atoms with E-state index in [0.717, 1.165) is 61.6 Å². The Bertz CT molecular complexity index is 921. The molecular weight excluding hydrogens is 450 g/mol. The zero-order chi connectivity index (χ0) is 26.0. The summed E-state index contributed by atoms with van der Waals surface area (Å²) >= 11 is 0. The smallest absolute Gasteiger partial charge is 0.297 e. The minimum atomic E-state index is -0.0917. The molecule has 2 aromatic rings. The fourth-order valence-corrected chi connectivity index (χ4v) is 4.37. The van der Waals surface area contributed by atoms with Crippen molar-refractivity contribution in [1.29, 1.82) is 0 Å². The van der Waals surface area contributed by atoms with Crippen molar-refractivity contribution in [2.24, 2.45) is 0 Å². The third-order valence-electron chi connectivity index (χ3n) is 6.64. The van der Waals surface area contributed by atoms with Gasteiger partial charge in [-0.15, -0.1) is 0 Å². The van der Waals surface area contributed by atoms with E-state index >= 15 is 0 Å². The molecule has 0 saturated carbocycles. The van der Waals surface area contributed by atoms with Gasteiger partial charge in [0.2, 0.25) is 5.75 Å². The van der Waals surface area contributed by atoms with Gasteiger partial charge in [-0.05, 0) is 37.8 Å². The summed E-state index contributed by atoms with van der Waals surface area (Å²) in [5.74, 6) is 1.77. The van der Waals surface area contributed by atoms with Crippen LogP contribution < -0.4 is 19.8 Å². The van der Waals surface area contributed by atoms with E-state index in [1.807, 2.05) is 22.8 Å². The van der Waals surface area contributed by atoms with E-state index in [1.165, 1.54) is 44.9 Å². The van der Waals surface area contributed by atoms with E-state index in [0.29, 0.717) is 37.9 Å². The summed E-state index contributed by atoms with van der Waals surface area (Å²) < 4.78 is 20.3. The molecule has 0 amide bonds. The summed E-state index contributed by atoms with van der Waals surface area (Å²) in [6.07, 6.45) is 15.8. The van der Waals surface area contributed by atoms with Crippen LogP contribution in [0.2, 0.25) is 0 Å². The SMILES string of the molecule is CCCCCCCCOc1ccc2c(OCCCC)c(OCCCCCC)c(=O)n(CCCC)c2c1. The Balaban J connectivity index is 2.31. The molecule has 0 aliphatic carbocycles. The van der Waals surface area contributed by atoms with Crippen molar-refractivity contribution in [2.75, 3.05) is 19.8 Å². The number of fused-ring (bicyclic) bond motifs is 1. The van der Waals surface area contributed by atoms with Crippen LogP contribution in [0.5, 0.6) is 17.2 Å². The summed E-state index contributed by atoms with van der Waals surface area (Å²) in [4.78, 5) is 13.7. The van der Waals surface area contributed by atoms with E-state index in [-0.39, 0.29) is 5.56 Å². The number of hydrogen-bond donors (Lipinski definition) is 0. The van der Waals surface area contributed by atoms with Crippen molar-refractivity contribution in [3.05, 3.63) is 28.6 Å². The van der Waals surface area contributed by atoms with Crippen molar-refractivity contribution in [2.45, 2.75) is 124 Å². The van der Waals surface area contributed by atoms with E-state index in [9.17, 15) is 4.79 Å². The number of pyridine rings is 1. The molecule has 1 heterocycles. The summed E-state index contributed by atoms with van der Waals surface area (Å²) in [6, 6.07) is 6.06. The minimum absolute atomic E-state index is 0.0917. The molecule has 0 saturated heterocycles. The Labute approximate surface area is 219 Å². The van der Waals surface area contributed by atoms with Gasteiger partial charge >= 0.3 is 0 Å². The predicted octanol–water partition coefficient (Wildman–Crippen LogP) is 8.68. The Hall–Kier alpha value is -2.17. The van der Waals surface area contributed by atoms with Crippen molar-refractivity contribution >= 4 is 10.9 Å². The van der Waals surface area contributed by atoms with Gasteiger partial charge in [-0.2, -0.15) is 0 Å². The molecule has 0 unspecified atom stereocenters. The van der Waals surface area contributed by atoms with Crippen LogP contribution in [0.3, 0.4) is 0 Å². The maximum absolute atomic E-state index is 13.7. The highest BCUT2D eigenvalue weighted by Crippen LogP contribution is 2.35. The van der Waals surface area contributed by atoms with Gasteiger partial charge in [0.25, 0.3) is 5.56 Å². The second-order valence-corrected chi connectivity index (χ2v) is 9.87. The van der Waals surface area contributed by atoms with Crippen LogP contribution in [0, 0.1) is 0 Å². The molecule has 0 radical (unpaired) electrons. The average Bonchev–Trinajstić information content (AvgIpc) is 2.89. The first-order valence-electron chi connectivity index (χ1n) is 14.8. The monoisotopic (exact) mass is 501 g/mol. The van der Waals surface area contributed by atoms with E-state index < -0.39 is 0 Å². The average molecular weight is 502 g/mol. The fourth-order valence-electron chi connectivity index (χ4n) is 4.37. The molecule has 5 heteroatoms. The second kappa shape index (κ2) is 18.1. The highest BCUT2D eigenvalue weighted by atomic mass is 16.5. The van der Waals surface area contributed by atoms with Gasteiger partial charge in [-0.3, -0.25) is 4.79 Å². The number of hydrogen-bond acceptors (Lipinski definition) is 4. The van der Waals surface area contributed by atoms with Crippen LogP contribution in [-0.4, -0.2) is 24.4 Å². The maximum Gasteiger partial charge on any atom is 0.297 e. The number of unbranched alkanes of at least 4 members (excludes halogenated alkanes) is 10. The zero-order valence-corrected chi connectivity index (χ0v) is 23.5. The summed E-state index contributed by atoms with van der Waals surface area (Å²) in [7, 11) is 0. The number of aryl methyl sites for hydroxylation is 1. The summed E-state index contributed by atoms with van der Waals surface area (Å²) in [5, 5.41) is 0.928. The molecule has 1 aromatic heterocycles. The van der Waals surface area contributed by atoms with Crippen molar-refractivity contribution in [3.63, 3.8) is 0 Å². The molecule has 0 aliphatic heterocycles. The first kappa shape index (κ1) is 30.1. The molecule has 0 spiro atoms. The second-order valence-electron chi connectivity index (χ2n) is 9.87. The van der Waals surface area contributed by atoms with Crippen LogP contribution in [0.4, 0.5) is 0 Å². The van der Waals surface area contributed by atoms with Crippen LogP contribution in [-0.2, 0) is 6.54 Å². The Morgan fingerprint density at radius 1 is 0.611 bits per heavy atom. The molecule has 204 valence electrons. The Kier molecular flexibility index (Phi) is 15.1. The molecule has 0 aliphatic rings. The number of nitrogens with zero attached hydrogens (tertiary/aromatic N) is 1. The van der Waals surface area contributed by atoms with Gasteiger partial charge in [-0.25, -0.2) is 0 Å². The maximum atomic E-state index is 13.7. The summed E-state index contributed by atoms with van der Waals surface area (Å²) in [5.41, 5.74) is 0.782. The highest BCUT2D eigenvalue weighted by Gasteiger charge is 2.20. The lowest BCUT2D eigenvalue weighted by atomic mass is 10.1. The largest absolute Gasteiger partial charge is 0.494 e. The number of rotatable bonds is 21. The molecule has 1 aromatic carbocycles. The third-order valence-corrected chi connectivity index (χ3v) is 6.64. The standard InChI is InChI=1S/C31H51NO4/c1-5-9-13-15-16-18-23-34-26-19-20-27-28(25-26)32(21-11-7-3)31(33)30(29(27)35-22-12-8-4)36-24-17-14-10-6-2/h19-20,25H,5-18,21-24H2,1-4H3. The summed E-state index contributed by atoms with van der Waals surface area (Å²) in [6.45, 7) is 11.2. The van der Waals surface area contributed by atoms with Gasteiger partial charge in [0.1, 0.15) is 5.75 Å². The number of benzene rings is 1. The van der Waals surface area contributed by atoms with Crippen LogP contribution in [0.25, 0.3) is 10.9 Å². The molecular formula is C31H51NO4. The topological polar surface area (TPSA) is 49.7 Å². The first-order valence-corrected chi connectivity index (χ1v) is 14.8. The predicted molar refractivity (Wildman–Crippen MR) is 152 cm³/mol. The van der Waals surface area contributed by atoms with E-state index in [2.05, 4.69) is 27.7 Å². The van der Waals surface area contributed by atoms with E-state index in [4.69, 9.17) is 14.2 Å². The molecule has 0 atom stereocenters. The van der Waals surface area contributed by atoms with Crippen molar-refractivity contribution in [1.82, 2.24) is 4.57 Å². The van der Waals surface area contributed by atoms with Crippen molar-refractivity contribution < 1.29 is 14.2 Å². The number of ether oxygens (including phenoxy) is 3. The quantitative estimate of drug-likeness (QED) is 0.161. The Morgan fingerprint density at radius 3 is 1.86 bits per heavy atom. The van der Waals surface area contributed by atoms with Gasteiger partial charge in [0.15, 0.2) is 5.75 Å². The van der Waals surface area contributed by atoms with Crippen LogP contribution >= 0.6 is 0 Å². The molecule has 36 heavy (non-hydrogen) atoms. The molecule has 2 rings (SSSR count). The van der Waals surface area contributed by atoms with Gasteiger partial charge in [0.05, 0.1) is 25.3 Å². The van der Waals surface area contributed by atoms with Gasteiger partial charge in [0, 0.05) is 18.0 Å². The Morgan fingerprint density at radius 2 is 1.17 bits per heavy atom. The van der Waals surface area contributed by atoms with E-state index in [1.54, 1.807) is 0 Å². The lowest BCUT2D eigenvalue weighted by Crippen LogP contribution is -2.24. The lowest BCUT2D eigenvalue weighted by molar-refractivity contribution is 0.258. The molecule has 0 bridgehead atoms. The lowest BCUT2D eigenvalue weighted by Gasteiger charge is -2.19. The number of aromatic nitrogens is 1. The molecule has 0 N–H and O–H groups in total. The van der Waals surface area contributed by atoms with Crippen molar-refractivity contribution in [3.8, 4) is 17.2 Å². The zero-order valence-electron chi connectivity index (χ0n) is 23.5. The van der Waals surface area contributed by atoms with Crippen LogP contribution in [0.15, 0.2) is 23.0 Å².